The minimum Gasteiger partial charge on any atom is -0.306 e. The molecule has 0 radical (unpaired) electrons. The zero-order chi connectivity index (χ0) is 15.5. The number of carbonyl (C=O) groups is 1. The Hall–Kier alpha value is -2.53. The number of thiazole rings is 1. The second-order valence-corrected chi connectivity index (χ2v) is 5.92. The van der Waals surface area contributed by atoms with E-state index < -0.39 is 0 Å². The molecule has 0 fully saturated rings. The molecule has 2 aromatic heterocycles. The lowest BCUT2D eigenvalue weighted by molar-refractivity contribution is 0.102. The van der Waals surface area contributed by atoms with Gasteiger partial charge in [-0.05, 0) is 26.0 Å². The van der Waals surface area contributed by atoms with Crippen molar-refractivity contribution in [1.82, 2.24) is 9.97 Å². The minimum atomic E-state index is -0.171. The molecule has 4 nitrogen and oxygen atoms in total. The quantitative estimate of drug-likeness (QED) is 0.793. The largest absolute Gasteiger partial charge is 0.306 e. The van der Waals surface area contributed by atoms with Crippen molar-refractivity contribution in [1.29, 1.82) is 0 Å². The van der Waals surface area contributed by atoms with Gasteiger partial charge in [-0.3, -0.25) is 4.79 Å². The number of aryl methyl sites for hydroxylation is 2. The summed E-state index contributed by atoms with van der Waals surface area (Å²) in [6.45, 7) is 3.74. The molecule has 0 aliphatic carbocycles. The van der Waals surface area contributed by atoms with Gasteiger partial charge in [0, 0.05) is 11.3 Å². The number of anilines is 1. The lowest BCUT2D eigenvalue weighted by Gasteiger charge is -2.03. The monoisotopic (exact) mass is 309 g/mol. The first-order chi connectivity index (χ1) is 10.6. The molecule has 0 aliphatic heterocycles. The Morgan fingerprint density at radius 1 is 1.00 bits per heavy atom. The van der Waals surface area contributed by atoms with Gasteiger partial charge >= 0.3 is 0 Å². The van der Waals surface area contributed by atoms with E-state index in [1.54, 1.807) is 6.07 Å². The fourth-order valence-corrected chi connectivity index (χ4v) is 3.06. The zero-order valence-electron chi connectivity index (χ0n) is 12.3. The molecule has 110 valence electrons. The number of amides is 1. The van der Waals surface area contributed by atoms with Crippen LogP contribution in [0.4, 0.5) is 5.82 Å². The maximum atomic E-state index is 12.4. The molecule has 3 aromatic rings. The second-order valence-electron chi connectivity index (χ2n) is 4.92. The standard InChI is InChI=1S/C17H15N3OS/c1-11-7-6-10-14(18-11)20-16(21)15-12(2)19-17(22-15)13-8-4-3-5-9-13/h3-10H,1-2H3,(H,18,20,21). The number of aromatic nitrogens is 2. The van der Waals surface area contributed by atoms with Gasteiger partial charge in [0.05, 0.1) is 5.69 Å². The summed E-state index contributed by atoms with van der Waals surface area (Å²) in [7, 11) is 0. The molecule has 0 saturated carbocycles. The van der Waals surface area contributed by atoms with E-state index in [1.165, 1.54) is 11.3 Å². The third kappa shape index (κ3) is 3.04. The molecular weight excluding hydrogens is 294 g/mol. The maximum Gasteiger partial charge on any atom is 0.268 e. The van der Waals surface area contributed by atoms with Crippen molar-refractivity contribution < 1.29 is 4.79 Å². The highest BCUT2D eigenvalue weighted by atomic mass is 32.1. The summed E-state index contributed by atoms with van der Waals surface area (Å²) in [5.74, 6) is 0.384. The summed E-state index contributed by atoms with van der Waals surface area (Å²) < 4.78 is 0. The number of hydrogen-bond acceptors (Lipinski definition) is 4. The molecule has 1 aromatic carbocycles. The Kier molecular flexibility index (Phi) is 3.98. The van der Waals surface area contributed by atoms with Crippen LogP contribution in [0.2, 0.25) is 0 Å². The van der Waals surface area contributed by atoms with Gasteiger partial charge < -0.3 is 5.32 Å². The number of carbonyl (C=O) groups excluding carboxylic acids is 1. The van der Waals surface area contributed by atoms with Crippen molar-refractivity contribution in [3.05, 3.63) is 64.8 Å². The van der Waals surface area contributed by atoms with E-state index in [2.05, 4.69) is 15.3 Å². The Balaban J connectivity index is 1.86. The first-order valence-electron chi connectivity index (χ1n) is 6.91. The third-order valence-electron chi connectivity index (χ3n) is 3.15. The van der Waals surface area contributed by atoms with Gasteiger partial charge in [-0.2, -0.15) is 0 Å². The number of pyridine rings is 1. The number of rotatable bonds is 3. The van der Waals surface area contributed by atoms with Crippen LogP contribution in [0, 0.1) is 13.8 Å². The van der Waals surface area contributed by atoms with Crippen molar-refractivity contribution >= 4 is 23.1 Å². The predicted octanol–water partition coefficient (Wildman–Crippen LogP) is 4.07. The Morgan fingerprint density at radius 3 is 2.50 bits per heavy atom. The van der Waals surface area contributed by atoms with Crippen LogP contribution in [-0.4, -0.2) is 15.9 Å². The topological polar surface area (TPSA) is 54.9 Å². The highest BCUT2D eigenvalue weighted by Gasteiger charge is 2.16. The number of benzene rings is 1. The first-order valence-corrected chi connectivity index (χ1v) is 7.73. The van der Waals surface area contributed by atoms with Crippen LogP contribution in [0.1, 0.15) is 21.1 Å². The zero-order valence-corrected chi connectivity index (χ0v) is 13.1. The number of nitrogens with one attached hydrogen (secondary N) is 1. The van der Waals surface area contributed by atoms with E-state index in [0.29, 0.717) is 10.7 Å². The van der Waals surface area contributed by atoms with Crippen molar-refractivity contribution in [2.45, 2.75) is 13.8 Å². The molecule has 0 aliphatic rings. The van der Waals surface area contributed by atoms with E-state index in [9.17, 15) is 4.79 Å². The van der Waals surface area contributed by atoms with Crippen molar-refractivity contribution in [2.75, 3.05) is 5.32 Å². The van der Waals surface area contributed by atoms with Crippen LogP contribution < -0.4 is 5.32 Å². The second kappa shape index (κ2) is 6.07. The number of hydrogen-bond donors (Lipinski definition) is 1. The van der Waals surface area contributed by atoms with E-state index in [0.717, 1.165) is 22.0 Å². The summed E-state index contributed by atoms with van der Waals surface area (Å²) in [5.41, 5.74) is 2.61. The molecule has 0 spiro atoms. The van der Waals surface area contributed by atoms with Crippen molar-refractivity contribution in [3.63, 3.8) is 0 Å². The predicted molar refractivity (Wildman–Crippen MR) is 89.2 cm³/mol. The normalized spacial score (nSPS) is 10.5. The average molecular weight is 309 g/mol. The summed E-state index contributed by atoms with van der Waals surface area (Å²) in [4.78, 5) is 21.8. The van der Waals surface area contributed by atoms with Crippen LogP contribution >= 0.6 is 11.3 Å². The van der Waals surface area contributed by atoms with Crippen LogP contribution in [0.5, 0.6) is 0 Å². The lowest BCUT2D eigenvalue weighted by atomic mass is 10.2. The Labute approximate surface area is 132 Å². The molecule has 0 saturated heterocycles. The van der Waals surface area contributed by atoms with Gasteiger partial charge in [0.15, 0.2) is 0 Å². The maximum absolute atomic E-state index is 12.4. The van der Waals surface area contributed by atoms with E-state index >= 15 is 0 Å². The average Bonchev–Trinajstić information content (AvgIpc) is 2.90. The molecule has 3 rings (SSSR count). The first kappa shape index (κ1) is 14.4. The van der Waals surface area contributed by atoms with Gasteiger partial charge in [-0.25, -0.2) is 9.97 Å². The smallest absolute Gasteiger partial charge is 0.268 e. The summed E-state index contributed by atoms with van der Waals surface area (Å²) >= 11 is 1.39. The molecular formula is C17H15N3OS. The summed E-state index contributed by atoms with van der Waals surface area (Å²) in [6, 6.07) is 15.4. The summed E-state index contributed by atoms with van der Waals surface area (Å²) in [6.07, 6.45) is 0. The van der Waals surface area contributed by atoms with Gasteiger partial charge in [0.25, 0.3) is 5.91 Å². The Bertz CT molecular complexity index is 812. The van der Waals surface area contributed by atoms with Crippen molar-refractivity contribution in [2.24, 2.45) is 0 Å². The SMILES string of the molecule is Cc1cccc(NC(=O)c2sc(-c3ccccc3)nc2C)n1. The highest BCUT2D eigenvalue weighted by molar-refractivity contribution is 7.17. The molecule has 1 N–H and O–H groups in total. The van der Waals surface area contributed by atoms with Crippen LogP contribution in [-0.2, 0) is 0 Å². The lowest BCUT2D eigenvalue weighted by Crippen LogP contribution is -2.12. The third-order valence-corrected chi connectivity index (χ3v) is 4.36. The molecule has 0 bridgehead atoms. The summed E-state index contributed by atoms with van der Waals surface area (Å²) in [5, 5.41) is 3.67. The molecule has 5 heteroatoms. The van der Waals surface area contributed by atoms with E-state index in [-0.39, 0.29) is 5.91 Å². The van der Waals surface area contributed by atoms with Gasteiger partial charge in [-0.1, -0.05) is 36.4 Å². The van der Waals surface area contributed by atoms with E-state index in [4.69, 9.17) is 0 Å². The molecule has 22 heavy (non-hydrogen) atoms. The Morgan fingerprint density at radius 2 is 1.77 bits per heavy atom. The highest BCUT2D eigenvalue weighted by Crippen LogP contribution is 2.28. The molecule has 0 unspecified atom stereocenters. The van der Waals surface area contributed by atoms with Crippen LogP contribution in [0.15, 0.2) is 48.5 Å². The van der Waals surface area contributed by atoms with Gasteiger partial charge in [0.1, 0.15) is 15.7 Å². The molecule has 1 amide bonds. The van der Waals surface area contributed by atoms with Gasteiger partial charge in [-0.15, -0.1) is 11.3 Å². The van der Waals surface area contributed by atoms with Crippen LogP contribution in [0.3, 0.4) is 0 Å². The van der Waals surface area contributed by atoms with Crippen LogP contribution in [0.25, 0.3) is 10.6 Å². The van der Waals surface area contributed by atoms with E-state index in [1.807, 2.05) is 56.3 Å². The fraction of sp³-hybridized carbons (Fsp3) is 0.118. The number of nitrogens with zero attached hydrogens (tertiary/aromatic N) is 2. The minimum absolute atomic E-state index is 0.171. The molecule has 0 atom stereocenters. The van der Waals surface area contributed by atoms with Gasteiger partial charge in [0.2, 0.25) is 0 Å². The fourth-order valence-electron chi connectivity index (χ4n) is 2.10. The van der Waals surface area contributed by atoms with Crippen molar-refractivity contribution in [3.8, 4) is 10.6 Å². The molecule has 2 heterocycles.